The molecule has 1 aromatic rings. The number of allylic oxidation sites excluding steroid dienone is 2. The van der Waals surface area contributed by atoms with Gasteiger partial charge >= 0.3 is 0 Å². The zero-order chi connectivity index (χ0) is 10.4. The average molecular weight is 191 g/mol. The van der Waals surface area contributed by atoms with Crippen LogP contribution in [0.25, 0.3) is 0 Å². The van der Waals surface area contributed by atoms with Gasteiger partial charge in [0.15, 0.2) is 0 Å². The van der Waals surface area contributed by atoms with E-state index in [-0.39, 0.29) is 0 Å². The molecule has 14 heavy (non-hydrogen) atoms. The quantitative estimate of drug-likeness (QED) is 0.702. The number of nitrogens with one attached hydrogen (secondary N) is 2. The Labute approximate surface area is 85.0 Å². The minimum absolute atomic E-state index is 0.793. The van der Waals surface area contributed by atoms with E-state index < -0.39 is 0 Å². The van der Waals surface area contributed by atoms with E-state index >= 15 is 0 Å². The Bertz CT molecular complexity index is 320. The zero-order valence-corrected chi connectivity index (χ0v) is 8.96. The van der Waals surface area contributed by atoms with Gasteiger partial charge in [-0.1, -0.05) is 0 Å². The van der Waals surface area contributed by atoms with Crippen LogP contribution >= 0.6 is 0 Å². The normalized spacial score (nSPS) is 13.1. The van der Waals surface area contributed by atoms with Gasteiger partial charge in [0.05, 0.1) is 11.4 Å². The van der Waals surface area contributed by atoms with E-state index in [0.717, 1.165) is 23.6 Å². The van der Waals surface area contributed by atoms with Crippen molar-refractivity contribution in [2.24, 2.45) is 4.99 Å². The number of aromatic amines is 1. The maximum Gasteiger partial charge on any atom is 0.0825 e. The van der Waals surface area contributed by atoms with Gasteiger partial charge < -0.3 is 10.3 Å². The third-order valence-electron chi connectivity index (χ3n) is 1.95. The second-order valence-electron chi connectivity index (χ2n) is 3.02. The van der Waals surface area contributed by atoms with Gasteiger partial charge in [-0.2, -0.15) is 0 Å². The lowest BCUT2D eigenvalue weighted by Crippen LogP contribution is -2.07. The highest BCUT2D eigenvalue weighted by Gasteiger charge is 1.99. The molecule has 0 amide bonds. The van der Waals surface area contributed by atoms with Crippen molar-refractivity contribution in [1.82, 2.24) is 10.3 Å². The minimum Gasteiger partial charge on any atom is -0.392 e. The fourth-order valence-electron chi connectivity index (χ4n) is 1.15. The molecule has 0 aliphatic heterocycles. The van der Waals surface area contributed by atoms with E-state index in [2.05, 4.69) is 15.3 Å². The Kier molecular flexibility index (Phi) is 3.98. The predicted molar refractivity (Wildman–Crippen MR) is 60.7 cm³/mol. The molecular formula is C11H17N3. The molecule has 0 bridgehead atoms. The van der Waals surface area contributed by atoms with Gasteiger partial charge in [0.2, 0.25) is 0 Å². The number of hydrogen-bond donors (Lipinski definition) is 2. The standard InChI is InChI=1S/C11H17N3/c1-4-13-11(8-9(2)12-3)10-6-5-7-14-10/h5-8,12,14H,4H2,1-3H3/b9-8+,13-11?. The third-order valence-corrected chi connectivity index (χ3v) is 1.95. The molecule has 0 saturated heterocycles. The van der Waals surface area contributed by atoms with E-state index in [1.807, 2.05) is 45.3 Å². The Hall–Kier alpha value is -1.51. The fourth-order valence-corrected chi connectivity index (χ4v) is 1.15. The van der Waals surface area contributed by atoms with Crippen molar-refractivity contribution < 1.29 is 0 Å². The highest BCUT2D eigenvalue weighted by atomic mass is 14.8. The lowest BCUT2D eigenvalue weighted by Gasteiger charge is -2.01. The van der Waals surface area contributed by atoms with Crippen molar-refractivity contribution in [1.29, 1.82) is 0 Å². The van der Waals surface area contributed by atoms with Crippen molar-refractivity contribution in [2.75, 3.05) is 13.6 Å². The summed E-state index contributed by atoms with van der Waals surface area (Å²) in [6.07, 6.45) is 3.94. The van der Waals surface area contributed by atoms with Crippen LogP contribution in [0, 0.1) is 0 Å². The first kappa shape index (κ1) is 10.6. The number of aliphatic imine (C=N–C) groups is 1. The monoisotopic (exact) mass is 191 g/mol. The molecule has 1 rings (SSSR count). The molecule has 0 radical (unpaired) electrons. The molecule has 0 atom stereocenters. The van der Waals surface area contributed by atoms with Crippen LogP contribution in [0.2, 0.25) is 0 Å². The number of rotatable bonds is 4. The number of H-pyrrole nitrogens is 1. The van der Waals surface area contributed by atoms with Gasteiger partial charge in [-0.25, -0.2) is 0 Å². The molecule has 2 N–H and O–H groups in total. The van der Waals surface area contributed by atoms with Crippen LogP contribution in [0.3, 0.4) is 0 Å². The van der Waals surface area contributed by atoms with Crippen molar-refractivity contribution in [3.8, 4) is 0 Å². The molecule has 1 aromatic heterocycles. The number of nitrogens with zero attached hydrogens (tertiary/aromatic N) is 1. The van der Waals surface area contributed by atoms with Crippen molar-refractivity contribution in [2.45, 2.75) is 13.8 Å². The summed E-state index contributed by atoms with van der Waals surface area (Å²) in [5.41, 5.74) is 3.15. The molecule has 0 aliphatic rings. The van der Waals surface area contributed by atoms with Crippen molar-refractivity contribution in [3.63, 3.8) is 0 Å². The highest BCUT2D eigenvalue weighted by molar-refractivity contribution is 6.07. The molecule has 3 heteroatoms. The molecule has 0 saturated carbocycles. The summed E-state index contributed by atoms with van der Waals surface area (Å²) >= 11 is 0. The van der Waals surface area contributed by atoms with E-state index in [4.69, 9.17) is 0 Å². The van der Waals surface area contributed by atoms with E-state index in [1.165, 1.54) is 0 Å². The molecular weight excluding hydrogens is 174 g/mol. The average Bonchev–Trinajstić information content (AvgIpc) is 2.69. The zero-order valence-electron chi connectivity index (χ0n) is 8.96. The van der Waals surface area contributed by atoms with E-state index in [9.17, 15) is 0 Å². The highest BCUT2D eigenvalue weighted by Crippen LogP contribution is 2.01. The fraction of sp³-hybridized carbons (Fsp3) is 0.364. The summed E-state index contributed by atoms with van der Waals surface area (Å²) in [6, 6.07) is 4.00. The van der Waals surface area contributed by atoms with Gasteiger partial charge in [-0.05, 0) is 32.1 Å². The van der Waals surface area contributed by atoms with Gasteiger partial charge in [-0.15, -0.1) is 0 Å². The van der Waals surface area contributed by atoms with Gasteiger partial charge in [0.1, 0.15) is 0 Å². The molecule has 0 spiro atoms. The van der Waals surface area contributed by atoms with Crippen LogP contribution in [0.4, 0.5) is 0 Å². The second-order valence-corrected chi connectivity index (χ2v) is 3.02. The number of hydrogen-bond acceptors (Lipinski definition) is 2. The predicted octanol–water partition coefficient (Wildman–Crippen LogP) is 1.95. The largest absolute Gasteiger partial charge is 0.392 e. The van der Waals surface area contributed by atoms with Crippen molar-refractivity contribution >= 4 is 5.71 Å². The Morgan fingerprint density at radius 1 is 1.64 bits per heavy atom. The summed E-state index contributed by atoms with van der Waals surface area (Å²) in [5, 5.41) is 3.08. The molecule has 76 valence electrons. The summed E-state index contributed by atoms with van der Waals surface area (Å²) in [4.78, 5) is 7.57. The van der Waals surface area contributed by atoms with Crippen LogP contribution in [0.5, 0.6) is 0 Å². The molecule has 3 nitrogen and oxygen atoms in total. The lowest BCUT2D eigenvalue weighted by atomic mass is 10.2. The summed E-state index contributed by atoms with van der Waals surface area (Å²) in [7, 11) is 1.91. The molecule has 0 aromatic carbocycles. The lowest BCUT2D eigenvalue weighted by molar-refractivity contribution is 0.991. The van der Waals surface area contributed by atoms with Gasteiger partial charge in [-0.3, -0.25) is 4.99 Å². The van der Waals surface area contributed by atoms with Crippen molar-refractivity contribution in [3.05, 3.63) is 35.8 Å². The van der Waals surface area contributed by atoms with Gasteiger partial charge in [0.25, 0.3) is 0 Å². The first-order valence-corrected chi connectivity index (χ1v) is 4.82. The number of aromatic nitrogens is 1. The third kappa shape index (κ3) is 2.76. The summed E-state index contributed by atoms with van der Waals surface area (Å²) in [5.74, 6) is 0. The van der Waals surface area contributed by atoms with Crippen LogP contribution in [0.15, 0.2) is 35.1 Å². The van der Waals surface area contributed by atoms with Crippen LogP contribution in [-0.2, 0) is 0 Å². The Balaban J connectivity index is 2.92. The SMILES string of the molecule is CCN=C(/C=C(\C)NC)c1ccc[nH]1. The first-order chi connectivity index (χ1) is 6.77. The van der Waals surface area contributed by atoms with Crippen LogP contribution < -0.4 is 5.32 Å². The Morgan fingerprint density at radius 2 is 2.43 bits per heavy atom. The molecule has 1 heterocycles. The van der Waals surface area contributed by atoms with Crippen LogP contribution in [-0.4, -0.2) is 24.3 Å². The Morgan fingerprint density at radius 3 is 2.93 bits per heavy atom. The summed E-state index contributed by atoms with van der Waals surface area (Å²) in [6.45, 7) is 4.85. The molecule has 0 fully saturated rings. The maximum absolute atomic E-state index is 4.42. The second kappa shape index (κ2) is 5.27. The topological polar surface area (TPSA) is 40.2 Å². The molecule has 0 unspecified atom stereocenters. The first-order valence-electron chi connectivity index (χ1n) is 4.82. The molecule has 0 aliphatic carbocycles. The maximum atomic E-state index is 4.42. The van der Waals surface area contributed by atoms with E-state index in [0.29, 0.717) is 0 Å². The summed E-state index contributed by atoms with van der Waals surface area (Å²) < 4.78 is 0. The minimum atomic E-state index is 0.793. The van der Waals surface area contributed by atoms with Gasteiger partial charge in [0, 0.05) is 25.5 Å². The van der Waals surface area contributed by atoms with Crippen LogP contribution in [0.1, 0.15) is 19.5 Å². The smallest absolute Gasteiger partial charge is 0.0825 e. The van der Waals surface area contributed by atoms with E-state index in [1.54, 1.807) is 0 Å².